The van der Waals surface area contributed by atoms with Crippen LogP contribution in [0, 0.1) is 5.82 Å². The van der Waals surface area contributed by atoms with Crippen LogP contribution in [0.4, 0.5) is 4.39 Å². The van der Waals surface area contributed by atoms with Crippen molar-refractivity contribution in [2.45, 2.75) is 49.3 Å². The molecule has 0 aliphatic carbocycles. The highest BCUT2D eigenvalue weighted by molar-refractivity contribution is 7.89. The zero-order valence-electron chi connectivity index (χ0n) is 17.0. The van der Waals surface area contributed by atoms with Crippen LogP contribution in [-0.2, 0) is 21.4 Å². The summed E-state index contributed by atoms with van der Waals surface area (Å²) in [6.07, 6.45) is 0.759. The van der Waals surface area contributed by atoms with Gasteiger partial charge in [0.05, 0.1) is 10.5 Å². The third-order valence-electron chi connectivity index (χ3n) is 5.51. The number of sulfonamides is 1. The zero-order valence-corrected chi connectivity index (χ0v) is 17.8. The first-order valence-corrected chi connectivity index (χ1v) is 11.3. The Morgan fingerprint density at radius 2 is 1.87 bits per heavy atom. The number of carbonyl (C=O) groups excluding carboxylic acids is 1. The Labute approximate surface area is 180 Å². The number of carbonyl (C=O) groups is 1. The number of rotatable bonds is 7. The van der Waals surface area contributed by atoms with Crippen molar-refractivity contribution in [2.75, 3.05) is 6.54 Å². The van der Waals surface area contributed by atoms with Gasteiger partial charge in [0.2, 0.25) is 10.0 Å². The number of aliphatic hydroxyl groups is 1. The number of piperidine rings is 1. The lowest BCUT2D eigenvalue weighted by Gasteiger charge is -2.44. The fraction of sp³-hybridized carbons (Fsp3) is 0.381. The van der Waals surface area contributed by atoms with E-state index in [1.54, 1.807) is 19.1 Å². The molecule has 31 heavy (non-hydrogen) atoms. The summed E-state index contributed by atoms with van der Waals surface area (Å²) < 4.78 is 46.0. The SMILES string of the molecule is CC[C@@]1(O)CCCN(S(=O)(=O)c2ccc(OCc3ccc(F)cc3)cc2)[C@H]1C(=O)NO. The number of nitrogens with zero attached hydrogens (tertiary/aromatic N) is 1. The van der Waals surface area contributed by atoms with Crippen LogP contribution in [0.25, 0.3) is 0 Å². The molecular weight excluding hydrogens is 427 g/mol. The first kappa shape index (κ1) is 23.1. The predicted octanol–water partition coefficient (Wildman–Crippen LogP) is 2.20. The monoisotopic (exact) mass is 452 g/mol. The summed E-state index contributed by atoms with van der Waals surface area (Å²) >= 11 is 0. The van der Waals surface area contributed by atoms with Crippen LogP contribution in [0.1, 0.15) is 31.7 Å². The molecular formula is C21H25FN2O6S. The van der Waals surface area contributed by atoms with Crippen molar-refractivity contribution in [1.82, 2.24) is 9.79 Å². The zero-order chi connectivity index (χ0) is 22.6. The van der Waals surface area contributed by atoms with Gasteiger partial charge in [0, 0.05) is 6.54 Å². The van der Waals surface area contributed by atoms with E-state index in [1.807, 2.05) is 0 Å². The van der Waals surface area contributed by atoms with Crippen molar-refractivity contribution >= 4 is 15.9 Å². The summed E-state index contributed by atoms with van der Waals surface area (Å²) in [4.78, 5) is 12.2. The van der Waals surface area contributed by atoms with Crippen LogP contribution >= 0.6 is 0 Å². The van der Waals surface area contributed by atoms with Crippen molar-refractivity contribution in [3.05, 3.63) is 59.9 Å². The average Bonchev–Trinajstić information content (AvgIpc) is 2.78. The van der Waals surface area contributed by atoms with Crippen molar-refractivity contribution in [1.29, 1.82) is 0 Å². The molecule has 0 unspecified atom stereocenters. The van der Waals surface area contributed by atoms with Crippen LogP contribution < -0.4 is 10.2 Å². The van der Waals surface area contributed by atoms with Crippen molar-refractivity contribution < 1.29 is 32.7 Å². The van der Waals surface area contributed by atoms with E-state index in [0.29, 0.717) is 12.2 Å². The topological polar surface area (TPSA) is 116 Å². The summed E-state index contributed by atoms with van der Waals surface area (Å²) in [6.45, 7) is 1.87. The summed E-state index contributed by atoms with van der Waals surface area (Å²) in [5.74, 6) is -0.914. The fourth-order valence-corrected chi connectivity index (χ4v) is 5.42. The first-order chi connectivity index (χ1) is 14.7. The highest BCUT2D eigenvalue weighted by Crippen LogP contribution is 2.35. The van der Waals surface area contributed by atoms with Gasteiger partial charge in [-0.05, 0) is 61.2 Å². The van der Waals surface area contributed by atoms with E-state index in [9.17, 15) is 22.7 Å². The van der Waals surface area contributed by atoms with Gasteiger partial charge in [0.1, 0.15) is 24.2 Å². The predicted molar refractivity (Wildman–Crippen MR) is 109 cm³/mol. The van der Waals surface area contributed by atoms with Gasteiger partial charge < -0.3 is 9.84 Å². The molecule has 168 valence electrons. The van der Waals surface area contributed by atoms with Crippen LogP contribution in [0.15, 0.2) is 53.4 Å². The highest BCUT2D eigenvalue weighted by atomic mass is 32.2. The Kier molecular flexibility index (Phi) is 6.95. The molecule has 2 aromatic carbocycles. The number of hydroxylamine groups is 1. The summed E-state index contributed by atoms with van der Waals surface area (Å²) in [6, 6.07) is 10.0. The van der Waals surface area contributed by atoms with E-state index in [4.69, 9.17) is 9.94 Å². The van der Waals surface area contributed by atoms with Gasteiger partial charge in [-0.25, -0.2) is 18.3 Å². The smallest absolute Gasteiger partial charge is 0.264 e. The van der Waals surface area contributed by atoms with E-state index in [0.717, 1.165) is 9.87 Å². The number of nitrogens with one attached hydrogen (secondary N) is 1. The number of ether oxygens (including phenoxy) is 1. The highest BCUT2D eigenvalue weighted by Gasteiger charge is 2.50. The number of halogens is 1. The molecule has 0 spiro atoms. The standard InChI is InChI=1S/C21H25FN2O6S/c1-2-21(26)12-3-13-24(19(21)20(25)23-27)31(28,29)18-10-8-17(9-11-18)30-14-15-4-6-16(22)7-5-15/h4-11,19,26-27H,2-3,12-14H2,1H3,(H,23,25)/t19-,21+/m0/s1. The van der Waals surface area contributed by atoms with Crippen molar-refractivity contribution in [3.8, 4) is 5.75 Å². The third-order valence-corrected chi connectivity index (χ3v) is 7.38. The minimum atomic E-state index is -4.13. The third kappa shape index (κ3) is 4.87. The Morgan fingerprint density at radius 3 is 2.45 bits per heavy atom. The lowest BCUT2D eigenvalue weighted by molar-refractivity contribution is -0.147. The molecule has 10 heteroatoms. The summed E-state index contributed by atoms with van der Waals surface area (Å²) in [5, 5.41) is 19.9. The lowest BCUT2D eigenvalue weighted by atomic mass is 9.83. The average molecular weight is 453 g/mol. The summed E-state index contributed by atoms with van der Waals surface area (Å²) in [7, 11) is -4.13. The molecule has 1 fully saturated rings. The molecule has 0 saturated carbocycles. The summed E-state index contributed by atoms with van der Waals surface area (Å²) in [5.41, 5.74) is 0.640. The molecule has 0 bridgehead atoms. The van der Waals surface area contributed by atoms with Gasteiger partial charge in [0.15, 0.2) is 0 Å². The Bertz CT molecular complexity index is 1010. The molecule has 1 aliphatic heterocycles. The second kappa shape index (κ2) is 9.31. The minimum absolute atomic E-state index is 0.0333. The van der Waals surface area contributed by atoms with Crippen molar-refractivity contribution in [2.24, 2.45) is 0 Å². The van der Waals surface area contributed by atoms with E-state index < -0.39 is 27.6 Å². The van der Waals surface area contributed by atoms with Gasteiger partial charge in [0.25, 0.3) is 5.91 Å². The molecule has 1 amide bonds. The largest absolute Gasteiger partial charge is 0.489 e. The minimum Gasteiger partial charge on any atom is -0.489 e. The Morgan fingerprint density at radius 1 is 1.23 bits per heavy atom. The molecule has 0 aromatic heterocycles. The molecule has 1 saturated heterocycles. The van der Waals surface area contributed by atoms with Crippen LogP contribution in [-0.4, -0.2) is 47.1 Å². The van der Waals surface area contributed by atoms with E-state index in [-0.39, 0.29) is 36.7 Å². The normalized spacial score (nSPS) is 22.1. The lowest BCUT2D eigenvalue weighted by Crippen LogP contribution is -2.63. The van der Waals surface area contributed by atoms with E-state index >= 15 is 0 Å². The van der Waals surface area contributed by atoms with Crippen LogP contribution in [0.2, 0.25) is 0 Å². The Balaban J connectivity index is 1.80. The van der Waals surface area contributed by atoms with Crippen LogP contribution in [0.5, 0.6) is 5.75 Å². The van der Waals surface area contributed by atoms with Gasteiger partial charge >= 0.3 is 0 Å². The van der Waals surface area contributed by atoms with Gasteiger partial charge in [-0.3, -0.25) is 10.0 Å². The number of amides is 1. The second-order valence-electron chi connectivity index (χ2n) is 7.44. The van der Waals surface area contributed by atoms with E-state index in [2.05, 4.69) is 0 Å². The van der Waals surface area contributed by atoms with Gasteiger partial charge in [-0.2, -0.15) is 4.31 Å². The molecule has 8 nitrogen and oxygen atoms in total. The Hall–Kier alpha value is -2.53. The van der Waals surface area contributed by atoms with Gasteiger partial charge in [-0.1, -0.05) is 19.1 Å². The first-order valence-electron chi connectivity index (χ1n) is 9.87. The maximum absolute atomic E-state index is 13.2. The van der Waals surface area contributed by atoms with E-state index in [1.165, 1.54) is 41.9 Å². The molecule has 2 atom stereocenters. The quantitative estimate of drug-likeness (QED) is 0.438. The second-order valence-corrected chi connectivity index (χ2v) is 9.33. The van der Waals surface area contributed by atoms with Gasteiger partial charge in [-0.15, -0.1) is 0 Å². The molecule has 1 heterocycles. The molecule has 0 radical (unpaired) electrons. The molecule has 2 aromatic rings. The maximum Gasteiger partial charge on any atom is 0.264 e. The molecule has 3 N–H and O–H groups in total. The van der Waals surface area contributed by atoms with Crippen molar-refractivity contribution in [3.63, 3.8) is 0 Å². The molecule has 3 rings (SSSR count). The maximum atomic E-state index is 13.2. The molecule has 1 aliphatic rings. The number of benzene rings is 2. The fourth-order valence-electron chi connectivity index (χ4n) is 3.73. The van der Waals surface area contributed by atoms with Crippen LogP contribution in [0.3, 0.4) is 0 Å². The number of hydrogen-bond donors (Lipinski definition) is 3. The number of hydrogen-bond acceptors (Lipinski definition) is 6.